The van der Waals surface area contributed by atoms with Crippen LogP contribution in [0, 0.1) is 23.7 Å². The maximum Gasteiger partial charge on any atom is 0.0315 e. The maximum atomic E-state index is 4.24. The Kier molecular flexibility index (Phi) is 2.87. The number of hydrogen-bond acceptors (Lipinski definition) is 2. The lowest BCUT2D eigenvalue weighted by Crippen LogP contribution is -2.40. The molecule has 0 radical (unpaired) electrons. The van der Waals surface area contributed by atoms with Gasteiger partial charge in [0.25, 0.3) is 0 Å². The molecule has 2 heteroatoms. The number of nitrogens with zero attached hydrogens (tertiary/aromatic N) is 1. The molecule has 0 amide bonds. The fraction of sp³-hybridized carbons (Fsp3) is 0.706. The molecular formula is C17H24N2. The fourth-order valence-electron chi connectivity index (χ4n) is 5.31. The first kappa shape index (κ1) is 11.9. The van der Waals surface area contributed by atoms with Crippen LogP contribution in [0.1, 0.15) is 50.6 Å². The van der Waals surface area contributed by atoms with Gasteiger partial charge in [-0.25, -0.2) is 0 Å². The fourth-order valence-corrected chi connectivity index (χ4v) is 5.31. The molecule has 3 saturated carbocycles. The maximum absolute atomic E-state index is 4.24. The van der Waals surface area contributed by atoms with E-state index in [1.165, 1.54) is 37.7 Å². The molecule has 6 atom stereocenters. The highest BCUT2D eigenvalue weighted by Crippen LogP contribution is 2.58. The smallest absolute Gasteiger partial charge is 0.0315 e. The van der Waals surface area contributed by atoms with Crippen molar-refractivity contribution in [1.29, 1.82) is 0 Å². The molecule has 5 unspecified atom stereocenters. The van der Waals surface area contributed by atoms with Crippen molar-refractivity contribution in [3.05, 3.63) is 30.1 Å². The molecule has 2 bridgehead atoms. The van der Waals surface area contributed by atoms with Crippen molar-refractivity contribution in [2.75, 3.05) is 0 Å². The zero-order valence-electron chi connectivity index (χ0n) is 11.8. The van der Waals surface area contributed by atoms with Crippen LogP contribution in [0.15, 0.2) is 24.5 Å². The number of fused-ring (bicyclic) bond motifs is 5. The van der Waals surface area contributed by atoms with Gasteiger partial charge in [0.2, 0.25) is 0 Å². The number of pyridine rings is 1. The average molecular weight is 256 g/mol. The summed E-state index contributed by atoms with van der Waals surface area (Å²) in [7, 11) is 0. The van der Waals surface area contributed by atoms with Crippen LogP contribution in [0.5, 0.6) is 0 Å². The van der Waals surface area contributed by atoms with Crippen LogP contribution in [-0.4, -0.2) is 11.0 Å². The van der Waals surface area contributed by atoms with E-state index < -0.39 is 0 Å². The second-order valence-electron chi connectivity index (χ2n) is 6.94. The normalized spacial score (nSPS) is 41.4. The van der Waals surface area contributed by atoms with Crippen LogP contribution in [0.4, 0.5) is 0 Å². The minimum Gasteiger partial charge on any atom is -0.307 e. The second-order valence-corrected chi connectivity index (χ2v) is 6.94. The van der Waals surface area contributed by atoms with Crippen LogP contribution in [-0.2, 0) is 0 Å². The predicted molar refractivity (Wildman–Crippen MR) is 76.6 cm³/mol. The van der Waals surface area contributed by atoms with Gasteiger partial charge in [0.15, 0.2) is 0 Å². The standard InChI is InChI=1S/C17H24N2/c1-11(12-4-3-7-18-10-12)19-17-9-13-8-16(17)15-6-2-5-14(13)15/h3-4,7,10-11,13-17,19H,2,5-6,8-9H2,1H3/t11-,13?,14?,15?,16?,17?/m0/s1. The van der Waals surface area contributed by atoms with E-state index in [4.69, 9.17) is 0 Å². The van der Waals surface area contributed by atoms with Gasteiger partial charge in [0, 0.05) is 24.5 Å². The summed E-state index contributed by atoms with van der Waals surface area (Å²) in [6, 6.07) is 5.44. The molecule has 0 aliphatic heterocycles. The molecule has 1 aromatic rings. The van der Waals surface area contributed by atoms with Crippen LogP contribution < -0.4 is 5.32 Å². The predicted octanol–water partition coefficient (Wildman–Crippen LogP) is 3.56. The Bertz CT molecular complexity index is 444. The molecule has 4 rings (SSSR count). The van der Waals surface area contributed by atoms with E-state index in [0.717, 1.165) is 29.7 Å². The van der Waals surface area contributed by atoms with Crippen molar-refractivity contribution in [2.45, 2.75) is 51.1 Å². The molecular weight excluding hydrogens is 232 g/mol. The first-order valence-corrected chi connectivity index (χ1v) is 7.99. The van der Waals surface area contributed by atoms with E-state index in [0.29, 0.717) is 6.04 Å². The first-order chi connectivity index (χ1) is 9.33. The van der Waals surface area contributed by atoms with Crippen molar-refractivity contribution < 1.29 is 0 Å². The van der Waals surface area contributed by atoms with E-state index in [9.17, 15) is 0 Å². The van der Waals surface area contributed by atoms with Crippen LogP contribution in [0.2, 0.25) is 0 Å². The molecule has 0 aromatic carbocycles. The van der Waals surface area contributed by atoms with Gasteiger partial charge in [0.05, 0.1) is 0 Å². The minimum absolute atomic E-state index is 0.443. The average Bonchev–Trinajstić information content (AvgIpc) is 3.11. The monoisotopic (exact) mass is 256 g/mol. The Balaban J connectivity index is 1.45. The topological polar surface area (TPSA) is 24.9 Å². The van der Waals surface area contributed by atoms with Crippen molar-refractivity contribution in [1.82, 2.24) is 10.3 Å². The van der Waals surface area contributed by atoms with Crippen LogP contribution >= 0.6 is 0 Å². The van der Waals surface area contributed by atoms with Gasteiger partial charge in [-0.15, -0.1) is 0 Å². The van der Waals surface area contributed by atoms with Crippen molar-refractivity contribution in [2.24, 2.45) is 23.7 Å². The third kappa shape index (κ3) is 1.92. The summed E-state index contributed by atoms with van der Waals surface area (Å²) in [4.78, 5) is 4.24. The van der Waals surface area contributed by atoms with E-state index in [-0.39, 0.29) is 0 Å². The zero-order chi connectivity index (χ0) is 12.8. The molecule has 102 valence electrons. The molecule has 3 fully saturated rings. The van der Waals surface area contributed by atoms with Gasteiger partial charge in [-0.3, -0.25) is 4.98 Å². The van der Waals surface area contributed by atoms with Gasteiger partial charge in [-0.05, 0) is 67.9 Å². The number of aromatic nitrogens is 1. The van der Waals surface area contributed by atoms with E-state index in [2.05, 4.69) is 23.3 Å². The summed E-state index contributed by atoms with van der Waals surface area (Å²) in [5.41, 5.74) is 1.33. The molecule has 1 heterocycles. The Morgan fingerprint density at radius 3 is 2.95 bits per heavy atom. The molecule has 0 spiro atoms. The van der Waals surface area contributed by atoms with E-state index in [1.54, 1.807) is 0 Å². The highest BCUT2D eigenvalue weighted by Gasteiger charge is 2.53. The molecule has 3 aliphatic rings. The van der Waals surface area contributed by atoms with Crippen LogP contribution in [0.3, 0.4) is 0 Å². The largest absolute Gasteiger partial charge is 0.307 e. The highest BCUT2D eigenvalue weighted by molar-refractivity contribution is 5.14. The Labute approximate surface area is 116 Å². The SMILES string of the molecule is C[C@H](NC1CC2CC1C1CCCC21)c1cccnc1. The molecule has 2 nitrogen and oxygen atoms in total. The summed E-state index contributed by atoms with van der Waals surface area (Å²) in [6.45, 7) is 2.29. The number of hydrogen-bond donors (Lipinski definition) is 1. The summed E-state index contributed by atoms with van der Waals surface area (Å²) >= 11 is 0. The second kappa shape index (κ2) is 4.59. The molecule has 3 aliphatic carbocycles. The van der Waals surface area contributed by atoms with Gasteiger partial charge in [0.1, 0.15) is 0 Å². The van der Waals surface area contributed by atoms with E-state index >= 15 is 0 Å². The van der Waals surface area contributed by atoms with Gasteiger partial charge >= 0.3 is 0 Å². The summed E-state index contributed by atoms with van der Waals surface area (Å²) in [5.74, 6) is 4.15. The molecule has 0 saturated heterocycles. The Morgan fingerprint density at radius 1 is 1.21 bits per heavy atom. The summed E-state index contributed by atoms with van der Waals surface area (Å²) < 4.78 is 0. The van der Waals surface area contributed by atoms with Crippen LogP contribution in [0.25, 0.3) is 0 Å². The Morgan fingerprint density at radius 2 is 2.11 bits per heavy atom. The highest BCUT2D eigenvalue weighted by atomic mass is 15.0. The quantitative estimate of drug-likeness (QED) is 0.894. The minimum atomic E-state index is 0.443. The summed E-state index contributed by atoms with van der Waals surface area (Å²) in [5, 5.41) is 3.90. The zero-order valence-corrected chi connectivity index (χ0v) is 11.8. The molecule has 1 aromatic heterocycles. The molecule has 19 heavy (non-hydrogen) atoms. The number of nitrogens with one attached hydrogen (secondary N) is 1. The lowest BCUT2D eigenvalue weighted by atomic mass is 9.79. The van der Waals surface area contributed by atoms with Gasteiger partial charge < -0.3 is 5.32 Å². The lowest BCUT2D eigenvalue weighted by Gasteiger charge is -2.34. The van der Waals surface area contributed by atoms with E-state index in [1.807, 2.05) is 18.5 Å². The third-order valence-electron chi connectivity index (χ3n) is 6.08. The van der Waals surface area contributed by atoms with Crippen molar-refractivity contribution >= 4 is 0 Å². The Hall–Kier alpha value is -0.890. The van der Waals surface area contributed by atoms with Crippen molar-refractivity contribution in [3.8, 4) is 0 Å². The first-order valence-electron chi connectivity index (χ1n) is 7.99. The van der Waals surface area contributed by atoms with Gasteiger partial charge in [-0.1, -0.05) is 12.5 Å². The van der Waals surface area contributed by atoms with Crippen molar-refractivity contribution in [3.63, 3.8) is 0 Å². The summed E-state index contributed by atoms with van der Waals surface area (Å²) in [6.07, 6.45) is 11.3. The third-order valence-corrected chi connectivity index (χ3v) is 6.08. The molecule has 1 N–H and O–H groups in total. The lowest BCUT2D eigenvalue weighted by molar-refractivity contribution is 0.200. The number of rotatable bonds is 3. The van der Waals surface area contributed by atoms with Gasteiger partial charge in [-0.2, -0.15) is 0 Å².